The van der Waals surface area contributed by atoms with Crippen molar-refractivity contribution in [3.05, 3.63) is 83.9 Å². The third-order valence-electron chi connectivity index (χ3n) is 3.04. The second kappa shape index (κ2) is 6.12. The van der Waals surface area contributed by atoms with Crippen LogP contribution in [0.1, 0.15) is 27.6 Å². The van der Waals surface area contributed by atoms with E-state index in [9.17, 15) is 9.90 Å². The number of aliphatic hydroxyl groups is 1. The molecule has 0 aromatic heterocycles. The molecule has 96 valence electrons. The molecule has 0 amide bonds. The van der Waals surface area contributed by atoms with Crippen LogP contribution in [0, 0.1) is 0 Å². The van der Waals surface area contributed by atoms with E-state index >= 15 is 0 Å². The molecule has 2 aromatic carbocycles. The van der Waals surface area contributed by atoms with Crippen LogP contribution in [0.3, 0.4) is 0 Å². The fourth-order valence-electron chi connectivity index (χ4n) is 2.01. The Kier molecular flexibility index (Phi) is 4.26. The van der Waals surface area contributed by atoms with Crippen molar-refractivity contribution in [2.24, 2.45) is 0 Å². The largest absolute Gasteiger partial charge is 0.384 e. The van der Waals surface area contributed by atoms with E-state index in [0.717, 1.165) is 11.1 Å². The van der Waals surface area contributed by atoms with Crippen molar-refractivity contribution >= 4 is 5.78 Å². The maximum atomic E-state index is 12.2. The van der Waals surface area contributed by atoms with Crippen molar-refractivity contribution in [3.8, 4) is 0 Å². The highest BCUT2D eigenvalue weighted by Crippen LogP contribution is 2.20. The standard InChI is InChI=1S/C17H16O2/c1-2-16(18)15-11-7-6-10-14(15)12-17(19)13-8-4-3-5-9-13/h2-11,16,18H,1,12H2. The number of Topliss-reactive ketones (excluding diaryl/α,β-unsaturated/α-hetero) is 1. The smallest absolute Gasteiger partial charge is 0.167 e. The summed E-state index contributed by atoms with van der Waals surface area (Å²) in [5.41, 5.74) is 2.26. The lowest BCUT2D eigenvalue weighted by Crippen LogP contribution is -2.07. The average molecular weight is 252 g/mol. The Bertz CT molecular complexity index is 573. The third-order valence-corrected chi connectivity index (χ3v) is 3.04. The maximum Gasteiger partial charge on any atom is 0.167 e. The first kappa shape index (κ1) is 13.2. The van der Waals surface area contributed by atoms with Crippen molar-refractivity contribution in [2.45, 2.75) is 12.5 Å². The van der Waals surface area contributed by atoms with Crippen LogP contribution < -0.4 is 0 Å². The van der Waals surface area contributed by atoms with Crippen molar-refractivity contribution in [1.29, 1.82) is 0 Å². The summed E-state index contributed by atoms with van der Waals surface area (Å²) >= 11 is 0. The normalized spacial score (nSPS) is 11.8. The monoisotopic (exact) mass is 252 g/mol. The molecule has 0 bridgehead atoms. The number of carbonyl (C=O) groups is 1. The minimum Gasteiger partial charge on any atom is -0.384 e. The van der Waals surface area contributed by atoms with Gasteiger partial charge in [-0.2, -0.15) is 0 Å². The predicted octanol–water partition coefficient (Wildman–Crippen LogP) is 3.33. The second-order valence-corrected chi connectivity index (χ2v) is 4.35. The Labute approximate surface area is 113 Å². The van der Waals surface area contributed by atoms with E-state index in [4.69, 9.17) is 0 Å². The fraction of sp³-hybridized carbons (Fsp3) is 0.118. The summed E-state index contributed by atoms with van der Waals surface area (Å²) in [5, 5.41) is 9.86. The highest BCUT2D eigenvalue weighted by Gasteiger charge is 2.12. The number of hydrogen-bond acceptors (Lipinski definition) is 2. The number of carbonyl (C=O) groups excluding carboxylic acids is 1. The molecular formula is C17H16O2. The Hall–Kier alpha value is -2.19. The Morgan fingerprint density at radius 2 is 1.74 bits per heavy atom. The fourth-order valence-corrected chi connectivity index (χ4v) is 2.01. The molecule has 1 N–H and O–H groups in total. The van der Waals surface area contributed by atoms with Gasteiger partial charge in [-0.15, -0.1) is 6.58 Å². The van der Waals surface area contributed by atoms with Gasteiger partial charge in [0.05, 0.1) is 6.10 Å². The van der Waals surface area contributed by atoms with Crippen LogP contribution in [0.4, 0.5) is 0 Å². The molecule has 0 aliphatic rings. The summed E-state index contributed by atoms with van der Waals surface area (Å²) in [4.78, 5) is 12.2. The Morgan fingerprint density at radius 1 is 1.11 bits per heavy atom. The Balaban J connectivity index is 2.24. The molecule has 0 spiro atoms. The van der Waals surface area contributed by atoms with Gasteiger partial charge in [0.15, 0.2) is 5.78 Å². The van der Waals surface area contributed by atoms with E-state index in [1.165, 1.54) is 6.08 Å². The molecule has 0 saturated carbocycles. The van der Waals surface area contributed by atoms with Crippen LogP contribution in [0.2, 0.25) is 0 Å². The van der Waals surface area contributed by atoms with Gasteiger partial charge in [0.25, 0.3) is 0 Å². The quantitative estimate of drug-likeness (QED) is 0.654. The summed E-state index contributed by atoms with van der Waals surface area (Å²) in [7, 11) is 0. The lowest BCUT2D eigenvalue weighted by Gasteiger charge is -2.11. The molecular weight excluding hydrogens is 236 g/mol. The SMILES string of the molecule is C=CC(O)c1ccccc1CC(=O)c1ccccc1. The van der Waals surface area contributed by atoms with E-state index in [1.807, 2.05) is 42.5 Å². The molecule has 1 atom stereocenters. The summed E-state index contributed by atoms with van der Waals surface area (Å²) in [5.74, 6) is 0.0457. The molecule has 2 heteroatoms. The van der Waals surface area contributed by atoms with Gasteiger partial charge < -0.3 is 5.11 Å². The minimum atomic E-state index is -0.736. The molecule has 0 saturated heterocycles. The molecule has 0 aliphatic carbocycles. The second-order valence-electron chi connectivity index (χ2n) is 4.35. The van der Waals surface area contributed by atoms with Crippen LogP contribution in [0.25, 0.3) is 0 Å². The first-order valence-corrected chi connectivity index (χ1v) is 6.19. The number of aliphatic hydroxyl groups excluding tert-OH is 1. The molecule has 2 nitrogen and oxygen atoms in total. The first-order valence-electron chi connectivity index (χ1n) is 6.19. The highest BCUT2D eigenvalue weighted by molar-refractivity contribution is 5.97. The van der Waals surface area contributed by atoms with E-state index in [-0.39, 0.29) is 12.2 Å². The van der Waals surface area contributed by atoms with Crippen LogP contribution in [-0.4, -0.2) is 10.9 Å². The zero-order chi connectivity index (χ0) is 13.7. The number of benzene rings is 2. The molecule has 2 rings (SSSR count). The molecule has 2 aromatic rings. The van der Waals surface area contributed by atoms with Crippen molar-refractivity contribution in [3.63, 3.8) is 0 Å². The van der Waals surface area contributed by atoms with Gasteiger partial charge in [0.2, 0.25) is 0 Å². The molecule has 0 aliphatic heterocycles. The highest BCUT2D eigenvalue weighted by atomic mass is 16.3. The predicted molar refractivity (Wildman–Crippen MR) is 76.1 cm³/mol. The first-order chi connectivity index (χ1) is 9.22. The number of ketones is 1. The van der Waals surface area contributed by atoms with Gasteiger partial charge in [0, 0.05) is 12.0 Å². The lowest BCUT2D eigenvalue weighted by atomic mass is 9.96. The summed E-state index contributed by atoms with van der Waals surface area (Å²) in [6, 6.07) is 16.6. The maximum absolute atomic E-state index is 12.2. The summed E-state index contributed by atoms with van der Waals surface area (Å²) in [6.07, 6.45) is 1.01. The molecule has 0 fully saturated rings. The molecule has 0 heterocycles. The van der Waals surface area contributed by atoms with Gasteiger partial charge in [-0.25, -0.2) is 0 Å². The topological polar surface area (TPSA) is 37.3 Å². The van der Waals surface area contributed by atoms with Crippen LogP contribution >= 0.6 is 0 Å². The van der Waals surface area contributed by atoms with E-state index in [2.05, 4.69) is 6.58 Å². The zero-order valence-electron chi connectivity index (χ0n) is 10.6. The zero-order valence-corrected chi connectivity index (χ0v) is 10.6. The molecule has 0 radical (unpaired) electrons. The summed E-state index contributed by atoms with van der Waals surface area (Å²) in [6.45, 7) is 3.58. The van der Waals surface area contributed by atoms with Crippen LogP contribution in [-0.2, 0) is 6.42 Å². The van der Waals surface area contributed by atoms with Gasteiger partial charge in [-0.1, -0.05) is 60.7 Å². The van der Waals surface area contributed by atoms with Gasteiger partial charge in [-0.3, -0.25) is 4.79 Å². The van der Waals surface area contributed by atoms with Crippen LogP contribution in [0.5, 0.6) is 0 Å². The number of hydrogen-bond donors (Lipinski definition) is 1. The average Bonchev–Trinajstić information content (AvgIpc) is 2.48. The minimum absolute atomic E-state index is 0.0457. The van der Waals surface area contributed by atoms with Gasteiger partial charge >= 0.3 is 0 Å². The summed E-state index contributed by atoms with van der Waals surface area (Å²) < 4.78 is 0. The van der Waals surface area contributed by atoms with Crippen LogP contribution in [0.15, 0.2) is 67.3 Å². The van der Waals surface area contributed by atoms with E-state index in [0.29, 0.717) is 5.56 Å². The van der Waals surface area contributed by atoms with Crippen molar-refractivity contribution in [1.82, 2.24) is 0 Å². The van der Waals surface area contributed by atoms with Crippen molar-refractivity contribution in [2.75, 3.05) is 0 Å². The van der Waals surface area contributed by atoms with Gasteiger partial charge in [0.1, 0.15) is 0 Å². The van der Waals surface area contributed by atoms with Gasteiger partial charge in [-0.05, 0) is 11.1 Å². The van der Waals surface area contributed by atoms with Crippen molar-refractivity contribution < 1.29 is 9.90 Å². The van der Waals surface area contributed by atoms with E-state index < -0.39 is 6.10 Å². The lowest BCUT2D eigenvalue weighted by molar-refractivity contribution is 0.0992. The molecule has 19 heavy (non-hydrogen) atoms. The third kappa shape index (κ3) is 3.18. The Morgan fingerprint density at radius 3 is 2.42 bits per heavy atom. The van der Waals surface area contributed by atoms with E-state index in [1.54, 1.807) is 12.1 Å². The molecule has 1 unspecified atom stereocenters. The number of rotatable bonds is 5.